The Labute approximate surface area is 124 Å². The highest BCUT2D eigenvalue weighted by Gasteiger charge is 2.14. The molecule has 114 valence electrons. The van der Waals surface area contributed by atoms with E-state index in [0.29, 0.717) is 6.04 Å². The maximum Gasteiger partial charge on any atom is 0.144 e. The Balaban J connectivity index is 2.80. The van der Waals surface area contributed by atoms with E-state index in [1.807, 2.05) is 13.0 Å². The number of unbranched alkanes of at least 4 members (excludes halogenated alkanes) is 1. The lowest BCUT2D eigenvalue weighted by Gasteiger charge is -2.27. The molecule has 1 atom stereocenters. The van der Waals surface area contributed by atoms with Crippen molar-refractivity contribution >= 4 is 5.82 Å². The van der Waals surface area contributed by atoms with Crippen molar-refractivity contribution in [2.45, 2.75) is 66.5 Å². The molecule has 1 rings (SSSR count). The van der Waals surface area contributed by atoms with E-state index in [0.717, 1.165) is 43.4 Å². The van der Waals surface area contributed by atoms with Gasteiger partial charge in [-0.3, -0.25) is 4.90 Å². The van der Waals surface area contributed by atoms with Crippen molar-refractivity contribution < 1.29 is 0 Å². The Hall–Kier alpha value is -1.16. The van der Waals surface area contributed by atoms with Crippen molar-refractivity contribution in [1.29, 1.82) is 0 Å². The van der Waals surface area contributed by atoms with E-state index in [-0.39, 0.29) is 0 Å². The molecule has 1 aromatic heterocycles. The fourth-order valence-corrected chi connectivity index (χ4v) is 2.23. The summed E-state index contributed by atoms with van der Waals surface area (Å²) in [6.45, 7) is 13.7. The van der Waals surface area contributed by atoms with Crippen LogP contribution in [-0.4, -0.2) is 34.0 Å². The van der Waals surface area contributed by atoms with Crippen LogP contribution in [0.4, 0.5) is 5.82 Å². The molecule has 0 aromatic carbocycles. The van der Waals surface area contributed by atoms with Crippen molar-refractivity contribution in [3.8, 4) is 0 Å². The van der Waals surface area contributed by atoms with Gasteiger partial charge in [0.05, 0.1) is 6.54 Å². The van der Waals surface area contributed by atoms with E-state index >= 15 is 0 Å². The minimum absolute atomic E-state index is 0.577. The molecule has 0 amide bonds. The monoisotopic (exact) mass is 278 g/mol. The van der Waals surface area contributed by atoms with Crippen LogP contribution in [0.2, 0.25) is 0 Å². The van der Waals surface area contributed by atoms with Crippen LogP contribution in [0, 0.1) is 6.92 Å². The van der Waals surface area contributed by atoms with Crippen LogP contribution >= 0.6 is 0 Å². The van der Waals surface area contributed by atoms with Gasteiger partial charge in [-0.05, 0) is 40.2 Å². The Bertz CT molecular complexity index is 392. The fraction of sp³-hybridized carbons (Fsp3) is 0.750. The van der Waals surface area contributed by atoms with Crippen LogP contribution in [0.3, 0.4) is 0 Å². The summed E-state index contributed by atoms with van der Waals surface area (Å²) in [7, 11) is 0. The summed E-state index contributed by atoms with van der Waals surface area (Å²) in [4.78, 5) is 11.7. The number of aromatic nitrogens is 2. The normalized spacial score (nSPS) is 12.7. The largest absolute Gasteiger partial charge is 0.370 e. The van der Waals surface area contributed by atoms with Crippen LogP contribution in [0.1, 0.15) is 58.5 Å². The van der Waals surface area contributed by atoms with E-state index in [1.165, 1.54) is 12.8 Å². The molecular formula is C16H30N4. The lowest BCUT2D eigenvalue weighted by Crippen LogP contribution is -2.33. The maximum atomic E-state index is 4.62. The first-order valence-corrected chi connectivity index (χ1v) is 7.93. The summed E-state index contributed by atoms with van der Waals surface area (Å²) >= 11 is 0. The van der Waals surface area contributed by atoms with Gasteiger partial charge >= 0.3 is 0 Å². The number of nitrogens with zero attached hydrogens (tertiary/aromatic N) is 3. The van der Waals surface area contributed by atoms with Crippen molar-refractivity contribution in [2.24, 2.45) is 0 Å². The number of anilines is 1. The molecular weight excluding hydrogens is 248 g/mol. The third-order valence-electron chi connectivity index (χ3n) is 3.62. The fourth-order valence-electron chi connectivity index (χ4n) is 2.23. The van der Waals surface area contributed by atoms with E-state index < -0.39 is 0 Å². The van der Waals surface area contributed by atoms with Crippen LogP contribution in [-0.2, 0) is 6.54 Å². The molecule has 1 heterocycles. The molecule has 0 bridgehead atoms. The van der Waals surface area contributed by atoms with Gasteiger partial charge in [0, 0.05) is 24.3 Å². The third kappa shape index (κ3) is 5.45. The third-order valence-corrected chi connectivity index (χ3v) is 3.62. The molecule has 1 unspecified atom stereocenters. The summed E-state index contributed by atoms with van der Waals surface area (Å²) in [6.07, 6.45) is 3.62. The molecule has 0 radical (unpaired) electrons. The first-order chi connectivity index (χ1) is 9.60. The molecule has 4 nitrogen and oxygen atoms in total. The van der Waals surface area contributed by atoms with E-state index in [9.17, 15) is 0 Å². The molecule has 0 spiro atoms. The van der Waals surface area contributed by atoms with E-state index in [1.54, 1.807) is 0 Å². The van der Waals surface area contributed by atoms with Crippen molar-refractivity contribution in [1.82, 2.24) is 14.9 Å². The predicted octanol–water partition coefficient (Wildman–Crippen LogP) is 3.62. The lowest BCUT2D eigenvalue weighted by molar-refractivity contribution is 0.187. The Morgan fingerprint density at radius 2 is 2.00 bits per heavy atom. The molecule has 0 aliphatic carbocycles. The predicted molar refractivity (Wildman–Crippen MR) is 86.0 cm³/mol. The zero-order valence-electron chi connectivity index (χ0n) is 13.7. The first kappa shape index (κ1) is 16.9. The van der Waals surface area contributed by atoms with E-state index in [4.69, 9.17) is 0 Å². The highest BCUT2D eigenvalue weighted by molar-refractivity contribution is 5.35. The molecule has 0 saturated carbocycles. The van der Waals surface area contributed by atoms with Crippen molar-refractivity contribution in [3.05, 3.63) is 17.6 Å². The second-order valence-electron chi connectivity index (χ2n) is 5.42. The molecule has 20 heavy (non-hydrogen) atoms. The van der Waals surface area contributed by atoms with Crippen LogP contribution in [0.15, 0.2) is 6.07 Å². The van der Waals surface area contributed by atoms with Gasteiger partial charge in [-0.25, -0.2) is 9.97 Å². The second kappa shape index (κ2) is 8.90. The number of hydrogen-bond donors (Lipinski definition) is 1. The van der Waals surface area contributed by atoms with Crippen molar-refractivity contribution in [3.63, 3.8) is 0 Å². The Morgan fingerprint density at radius 1 is 1.25 bits per heavy atom. The van der Waals surface area contributed by atoms with Crippen molar-refractivity contribution in [2.75, 3.05) is 18.4 Å². The molecule has 1 aromatic rings. The lowest BCUT2D eigenvalue weighted by atomic mass is 10.2. The average molecular weight is 278 g/mol. The summed E-state index contributed by atoms with van der Waals surface area (Å²) < 4.78 is 0. The number of rotatable bonds is 9. The smallest absolute Gasteiger partial charge is 0.144 e. The number of aryl methyl sites for hydroxylation is 1. The summed E-state index contributed by atoms with van der Waals surface area (Å²) in [6, 6.07) is 2.58. The van der Waals surface area contributed by atoms with Gasteiger partial charge in [-0.2, -0.15) is 0 Å². The minimum Gasteiger partial charge on any atom is -0.370 e. The number of hydrogen-bond acceptors (Lipinski definition) is 4. The first-order valence-electron chi connectivity index (χ1n) is 7.93. The van der Waals surface area contributed by atoms with Gasteiger partial charge < -0.3 is 5.32 Å². The average Bonchev–Trinajstić information content (AvgIpc) is 2.42. The molecule has 0 aliphatic rings. The number of nitrogens with one attached hydrogen (secondary N) is 1. The molecule has 1 N–H and O–H groups in total. The molecule has 0 fully saturated rings. The van der Waals surface area contributed by atoms with Gasteiger partial charge in [-0.1, -0.05) is 20.3 Å². The standard InChI is InChI=1S/C16H30N4/c1-6-9-10-20(14(5)7-2)12-16-18-13(4)11-15(19-16)17-8-3/h11,14H,6-10,12H2,1-5H3,(H,17,18,19). The molecule has 0 saturated heterocycles. The van der Waals surface area contributed by atoms with Crippen LogP contribution < -0.4 is 5.32 Å². The van der Waals surface area contributed by atoms with Gasteiger partial charge in [0.2, 0.25) is 0 Å². The van der Waals surface area contributed by atoms with E-state index in [2.05, 4.69) is 47.9 Å². The van der Waals surface area contributed by atoms with Gasteiger partial charge in [0.1, 0.15) is 11.6 Å². The second-order valence-corrected chi connectivity index (χ2v) is 5.42. The summed E-state index contributed by atoms with van der Waals surface area (Å²) in [5.74, 6) is 1.87. The highest BCUT2D eigenvalue weighted by Crippen LogP contribution is 2.12. The van der Waals surface area contributed by atoms with Gasteiger partial charge in [0.15, 0.2) is 0 Å². The zero-order chi connectivity index (χ0) is 15.0. The summed E-state index contributed by atoms with van der Waals surface area (Å²) in [5, 5.41) is 3.28. The SMILES string of the molecule is CCCCN(Cc1nc(C)cc(NCC)n1)C(C)CC. The highest BCUT2D eigenvalue weighted by atomic mass is 15.2. The topological polar surface area (TPSA) is 41.1 Å². The maximum absolute atomic E-state index is 4.62. The van der Waals surface area contributed by atoms with Crippen LogP contribution in [0.25, 0.3) is 0 Å². The zero-order valence-corrected chi connectivity index (χ0v) is 13.7. The molecule has 4 heteroatoms. The van der Waals surface area contributed by atoms with Gasteiger partial charge in [0.25, 0.3) is 0 Å². The Kier molecular flexibility index (Phi) is 7.52. The van der Waals surface area contributed by atoms with Gasteiger partial charge in [-0.15, -0.1) is 0 Å². The Morgan fingerprint density at radius 3 is 2.60 bits per heavy atom. The minimum atomic E-state index is 0.577. The van der Waals surface area contributed by atoms with Crippen LogP contribution in [0.5, 0.6) is 0 Å². The quantitative estimate of drug-likeness (QED) is 0.749. The summed E-state index contributed by atoms with van der Waals surface area (Å²) in [5.41, 5.74) is 1.03. The molecule has 0 aliphatic heterocycles.